The topological polar surface area (TPSA) is 52.6 Å². The minimum absolute atomic E-state index is 0.0902. The first-order valence-electron chi connectivity index (χ1n) is 5.69. The Hall–Kier alpha value is -1.75. The number of methoxy groups -OCH3 is 1. The Morgan fingerprint density at radius 1 is 1.26 bits per heavy atom. The van der Waals surface area contributed by atoms with Gasteiger partial charge in [-0.25, -0.2) is 0 Å². The molecule has 19 heavy (non-hydrogen) atoms. The number of hydrogen-bond donors (Lipinski definition) is 0. The van der Waals surface area contributed by atoms with Gasteiger partial charge in [-0.1, -0.05) is 30.0 Å². The van der Waals surface area contributed by atoms with Crippen LogP contribution in [0.2, 0.25) is 0 Å². The molecule has 0 radical (unpaired) electrons. The molecule has 0 bridgehead atoms. The summed E-state index contributed by atoms with van der Waals surface area (Å²) in [5.74, 6) is 1.13. The highest BCUT2D eigenvalue weighted by molar-refractivity contribution is 8.13. The van der Waals surface area contributed by atoms with Gasteiger partial charge in [0.2, 0.25) is 0 Å². The number of hydrogen-bond acceptors (Lipinski definition) is 5. The number of esters is 1. The molecule has 0 aliphatic rings. The van der Waals surface area contributed by atoms with Gasteiger partial charge in [-0.15, -0.1) is 0 Å². The SMILES string of the molecule is COc1cc(C=CCSC(C)=O)ccc1OC(C)=O. The molecule has 0 saturated heterocycles. The van der Waals surface area contributed by atoms with Crippen molar-refractivity contribution in [1.29, 1.82) is 0 Å². The van der Waals surface area contributed by atoms with Gasteiger partial charge >= 0.3 is 5.97 Å². The van der Waals surface area contributed by atoms with Crippen molar-refractivity contribution >= 4 is 28.9 Å². The molecule has 5 heteroatoms. The van der Waals surface area contributed by atoms with Gasteiger partial charge in [0, 0.05) is 19.6 Å². The fourth-order valence-corrected chi connectivity index (χ4v) is 1.80. The smallest absolute Gasteiger partial charge is 0.308 e. The Bertz CT molecular complexity index is 494. The minimum Gasteiger partial charge on any atom is -0.493 e. The van der Waals surface area contributed by atoms with Crippen molar-refractivity contribution < 1.29 is 19.1 Å². The highest BCUT2D eigenvalue weighted by atomic mass is 32.2. The first-order valence-corrected chi connectivity index (χ1v) is 6.68. The third kappa shape index (κ3) is 5.61. The summed E-state index contributed by atoms with van der Waals surface area (Å²) in [4.78, 5) is 21.7. The van der Waals surface area contributed by atoms with E-state index in [1.54, 1.807) is 12.1 Å². The van der Waals surface area contributed by atoms with E-state index in [1.807, 2.05) is 18.2 Å². The Balaban J connectivity index is 2.76. The van der Waals surface area contributed by atoms with Crippen molar-refractivity contribution in [2.45, 2.75) is 13.8 Å². The van der Waals surface area contributed by atoms with Gasteiger partial charge in [0.05, 0.1) is 7.11 Å². The van der Waals surface area contributed by atoms with Crippen LogP contribution in [0, 0.1) is 0 Å². The van der Waals surface area contributed by atoms with Crippen molar-refractivity contribution in [3.05, 3.63) is 29.8 Å². The monoisotopic (exact) mass is 280 g/mol. The molecule has 0 aliphatic heterocycles. The average molecular weight is 280 g/mol. The molecule has 0 amide bonds. The maximum absolute atomic E-state index is 10.9. The maximum atomic E-state index is 10.9. The predicted octanol–water partition coefficient (Wildman–Crippen LogP) is 2.91. The summed E-state index contributed by atoms with van der Waals surface area (Å²) < 4.78 is 10.2. The van der Waals surface area contributed by atoms with E-state index in [1.165, 1.54) is 32.7 Å². The van der Waals surface area contributed by atoms with E-state index in [2.05, 4.69) is 0 Å². The molecule has 0 fully saturated rings. The molecule has 0 N–H and O–H groups in total. The predicted molar refractivity (Wildman–Crippen MR) is 76.5 cm³/mol. The van der Waals surface area contributed by atoms with Gasteiger partial charge in [-0.3, -0.25) is 9.59 Å². The molecule has 0 unspecified atom stereocenters. The van der Waals surface area contributed by atoms with Crippen LogP contribution in [-0.2, 0) is 9.59 Å². The van der Waals surface area contributed by atoms with Crippen LogP contribution >= 0.6 is 11.8 Å². The molecular weight excluding hydrogens is 264 g/mol. The van der Waals surface area contributed by atoms with E-state index in [0.29, 0.717) is 17.3 Å². The van der Waals surface area contributed by atoms with Gasteiger partial charge in [0.15, 0.2) is 16.6 Å². The van der Waals surface area contributed by atoms with E-state index in [4.69, 9.17) is 9.47 Å². The zero-order chi connectivity index (χ0) is 14.3. The Morgan fingerprint density at radius 3 is 2.58 bits per heavy atom. The zero-order valence-electron chi connectivity index (χ0n) is 11.1. The van der Waals surface area contributed by atoms with Crippen LogP contribution in [0.25, 0.3) is 6.08 Å². The summed E-state index contributed by atoms with van der Waals surface area (Å²) in [6.45, 7) is 2.88. The van der Waals surface area contributed by atoms with Crippen molar-refractivity contribution in [2.24, 2.45) is 0 Å². The van der Waals surface area contributed by atoms with E-state index >= 15 is 0 Å². The number of thioether (sulfide) groups is 1. The largest absolute Gasteiger partial charge is 0.493 e. The lowest BCUT2D eigenvalue weighted by Gasteiger charge is -2.08. The highest BCUT2D eigenvalue weighted by Crippen LogP contribution is 2.28. The van der Waals surface area contributed by atoms with Gasteiger partial charge < -0.3 is 9.47 Å². The lowest BCUT2D eigenvalue weighted by Crippen LogP contribution is -2.03. The van der Waals surface area contributed by atoms with Crippen molar-refractivity contribution in [3.63, 3.8) is 0 Å². The molecule has 4 nitrogen and oxygen atoms in total. The molecule has 102 valence electrons. The Labute approximate surface area is 116 Å². The number of carbonyl (C=O) groups is 2. The standard InChI is InChI=1S/C14H16O4S/c1-10(15)18-13-7-6-12(9-14(13)17-3)5-4-8-19-11(2)16/h4-7,9H,8H2,1-3H3. The van der Waals surface area contributed by atoms with Crippen molar-refractivity contribution in [1.82, 2.24) is 0 Å². The molecule has 1 rings (SSSR count). The number of rotatable bonds is 5. The van der Waals surface area contributed by atoms with Crippen LogP contribution in [0.15, 0.2) is 24.3 Å². The first-order chi connectivity index (χ1) is 9.02. The number of benzene rings is 1. The Morgan fingerprint density at radius 2 is 2.00 bits per heavy atom. The minimum atomic E-state index is -0.389. The van der Waals surface area contributed by atoms with Crippen LogP contribution in [0.1, 0.15) is 19.4 Å². The molecule has 0 aromatic heterocycles. The summed E-state index contributed by atoms with van der Waals surface area (Å²) in [6, 6.07) is 5.26. The lowest BCUT2D eigenvalue weighted by atomic mass is 10.2. The zero-order valence-corrected chi connectivity index (χ0v) is 12.0. The molecule has 1 aromatic carbocycles. The van der Waals surface area contributed by atoms with E-state index in [0.717, 1.165) is 5.56 Å². The van der Waals surface area contributed by atoms with Crippen molar-refractivity contribution in [2.75, 3.05) is 12.9 Å². The molecule has 0 spiro atoms. The molecule has 0 aliphatic carbocycles. The maximum Gasteiger partial charge on any atom is 0.308 e. The van der Waals surface area contributed by atoms with Gasteiger partial charge in [0.25, 0.3) is 0 Å². The van der Waals surface area contributed by atoms with E-state index in [9.17, 15) is 9.59 Å². The normalized spacial score (nSPS) is 10.5. The lowest BCUT2D eigenvalue weighted by molar-refractivity contribution is -0.132. The van der Waals surface area contributed by atoms with Crippen LogP contribution < -0.4 is 9.47 Å². The van der Waals surface area contributed by atoms with Gasteiger partial charge in [0.1, 0.15) is 0 Å². The molecule has 0 atom stereocenters. The second-order valence-corrected chi connectivity index (χ2v) is 4.91. The van der Waals surface area contributed by atoms with E-state index < -0.39 is 0 Å². The van der Waals surface area contributed by atoms with Crippen LogP contribution in [0.4, 0.5) is 0 Å². The third-order valence-corrected chi connectivity index (χ3v) is 2.90. The van der Waals surface area contributed by atoms with Crippen LogP contribution in [0.3, 0.4) is 0 Å². The number of carbonyl (C=O) groups excluding carboxylic acids is 2. The summed E-state index contributed by atoms with van der Waals surface area (Å²) in [6.07, 6.45) is 3.78. The fraction of sp³-hybridized carbons (Fsp3) is 0.286. The summed E-state index contributed by atoms with van der Waals surface area (Å²) in [5.41, 5.74) is 0.914. The van der Waals surface area contributed by atoms with E-state index in [-0.39, 0.29) is 11.1 Å². The molecular formula is C14H16O4S. The summed E-state index contributed by atoms with van der Waals surface area (Å²) in [5, 5.41) is 0.0902. The number of ether oxygens (including phenoxy) is 2. The summed E-state index contributed by atoms with van der Waals surface area (Å²) in [7, 11) is 1.52. The first kappa shape index (κ1) is 15.3. The fourth-order valence-electron chi connectivity index (χ4n) is 1.38. The second-order valence-electron chi connectivity index (χ2n) is 3.71. The second kappa shape index (κ2) is 7.63. The van der Waals surface area contributed by atoms with Crippen molar-refractivity contribution in [3.8, 4) is 11.5 Å². The third-order valence-electron chi connectivity index (χ3n) is 2.13. The van der Waals surface area contributed by atoms with Crippen LogP contribution in [-0.4, -0.2) is 23.9 Å². The molecule has 0 heterocycles. The average Bonchev–Trinajstić information content (AvgIpc) is 2.35. The van der Waals surface area contributed by atoms with Gasteiger partial charge in [-0.2, -0.15) is 0 Å². The molecule has 0 saturated carbocycles. The van der Waals surface area contributed by atoms with Gasteiger partial charge in [-0.05, 0) is 17.7 Å². The van der Waals surface area contributed by atoms with Crippen LogP contribution in [0.5, 0.6) is 11.5 Å². The quantitative estimate of drug-likeness (QED) is 0.613. The highest BCUT2D eigenvalue weighted by Gasteiger charge is 2.06. The molecule has 1 aromatic rings. The Kier molecular flexibility index (Phi) is 6.15. The summed E-state index contributed by atoms with van der Waals surface area (Å²) >= 11 is 1.25.